The Hall–Kier alpha value is -2.69. The minimum atomic E-state index is -0.770. The van der Waals surface area contributed by atoms with Crippen molar-refractivity contribution < 1.29 is 33.3 Å². The predicted octanol–water partition coefficient (Wildman–Crippen LogP) is 1.90. The molecule has 1 aliphatic carbocycles. The van der Waals surface area contributed by atoms with Crippen LogP contribution in [0.3, 0.4) is 0 Å². The van der Waals surface area contributed by atoms with Gasteiger partial charge in [0.2, 0.25) is 5.91 Å². The fraction of sp³-hybridized carbons (Fsp3) is 0.654. The summed E-state index contributed by atoms with van der Waals surface area (Å²) in [4.78, 5) is 38.0. The number of benzene rings is 1. The maximum absolute atomic E-state index is 13.0. The van der Waals surface area contributed by atoms with E-state index in [0.29, 0.717) is 56.8 Å². The Morgan fingerprint density at radius 3 is 2.75 bits per heavy atom. The molecule has 1 aromatic rings. The summed E-state index contributed by atoms with van der Waals surface area (Å²) in [5.74, 6) is -0.876. The molecule has 0 radical (unpaired) electrons. The van der Waals surface area contributed by atoms with Crippen LogP contribution in [0.15, 0.2) is 24.3 Å². The number of esters is 1. The van der Waals surface area contributed by atoms with E-state index in [0.717, 1.165) is 32.3 Å². The van der Waals surface area contributed by atoms with Crippen LogP contribution in [-0.2, 0) is 23.8 Å². The maximum Gasteiger partial charge on any atom is 0.310 e. The van der Waals surface area contributed by atoms with E-state index in [9.17, 15) is 14.4 Å². The van der Waals surface area contributed by atoms with Crippen molar-refractivity contribution in [2.75, 3.05) is 33.5 Å². The number of rotatable bonds is 13. The topological polar surface area (TPSA) is 138 Å². The summed E-state index contributed by atoms with van der Waals surface area (Å²) >= 11 is 0. The first kappa shape index (κ1) is 27.9. The van der Waals surface area contributed by atoms with Crippen LogP contribution in [0.1, 0.15) is 61.7 Å². The quantitative estimate of drug-likeness (QED) is 0.273. The van der Waals surface area contributed by atoms with E-state index in [1.165, 1.54) is 7.11 Å². The van der Waals surface area contributed by atoms with E-state index in [2.05, 4.69) is 10.6 Å². The Balaban J connectivity index is 1.53. The Labute approximate surface area is 212 Å². The van der Waals surface area contributed by atoms with Gasteiger partial charge in [-0.15, -0.1) is 0 Å². The molecule has 1 saturated carbocycles. The van der Waals surface area contributed by atoms with E-state index in [1.54, 1.807) is 24.3 Å². The number of carbonyl (C=O) groups excluding carboxylic acids is 3. The molecule has 2 fully saturated rings. The standard InChI is InChI=1S/C26H39N3O7/c1-33-26(32)20-9-5-10-21(20)28-25(31)22(11-6-13-27)29-24(30)18-7-4-8-19(17-18)34-15-16-36-23-12-2-3-14-35-23/h4,7-8,17,20-23H,2-3,5-6,9-16,27H2,1H3,(H,28,31)(H,29,30)/t20-,21+,22+,23?/m1/s1. The molecule has 10 nitrogen and oxygen atoms in total. The average Bonchev–Trinajstić information content (AvgIpc) is 3.37. The van der Waals surface area contributed by atoms with Crippen LogP contribution in [0.5, 0.6) is 5.75 Å². The summed E-state index contributed by atoms with van der Waals surface area (Å²) in [6.45, 7) is 1.83. The first-order valence-electron chi connectivity index (χ1n) is 12.9. The van der Waals surface area contributed by atoms with Crippen molar-refractivity contribution in [3.63, 3.8) is 0 Å². The van der Waals surface area contributed by atoms with Gasteiger partial charge < -0.3 is 35.3 Å². The highest BCUT2D eigenvalue weighted by Crippen LogP contribution is 2.27. The van der Waals surface area contributed by atoms with Crippen LogP contribution < -0.4 is 21.1 Å². The molecule has 1 aromatic carbocycles. The zero-order valence-corrected chi connectivity index (χ0v) is 21.0. The lowest BCUT2D eigenvalue weighted by Crippen LogP contribution is -2.51. The Morgan fingerprint density at radius 2 is 2.00 bits per heavy atom. The van der Waals surface area contributed by atoms with Gasteiger partial charge in [0.15, 0.2) is 6.29 Å². The maximum atomic E-state index is 13.0. The normalized spacial score (nSPS) is 22.4. The fourth-order valence-electron chi connectivity index (χ4n) is 4.59. The third kappa shape index (κ3) is 8.46. The van der Waals surface area contributed by atoms with E-state index in [-0.39, 0.29) is 36.0 Å². The molecule has 0 aromatic heterocycles. The molecule has 4 atom stereocenters. The minimum Gasteiger partial charge on any atom is -0.491 e. The van der Waals surface area contributed by atoms with Crippen LogP contribution >= 0.6 is 0 Å². The molecule has 4 N–H and O–H groups in total. The minimum absolute atomic E-state index is 0.178. The zero-order chi connectivity index (χ0) is 25.8. The molecule has 3 rings (SSSR count). The second-order valence-electron chi connectivity index (χ2n) is 9.18. The van der Waals surface area contributed by atoms with E-state index < -0.39 is 6.04 Å². The molecule has 2 amide bonds. The molecule has 10 heteroatoms. The first-order valence-corrected chi connectivity index (χ1v) is 12.9. The van der Waals surface area contributed by atoms with Crippen molar-refractivity contribution >= 4 is 17.8 Å². The Kier molecular flexibility index (Phi) is 11.4. The van der Waals surface area contributed by atoms with Gasteiger partial charge in [0.05, 0.1) is 19.6 Å². The van der Waals surface area contributed by atoms with Gasteiger partial charge in [-0.25, -0.2) is 0 Å². The molecule has 1 unspecified atom stereocenters. The van der Waals surface area contributed by atoms with Crippen molar-refractivity contribution in [2.45, 2.75) is 69.7 Å². The summed E-state index contributed by atoms with van der Waals surface area (Å²) < 4.78 is 21.8. The van der Waals surface area contributed by atoms with Gasteiger partial charge >= 0.3 is 5.97 Å². The Bertz CT molecular complexity index is 860. The second kappa shape index (κ2) is 14.8. The summed E-state index contributed by atoms with van der Waals surface area (Å²) in [5, 5.41) is 5.76. The summed E-state index contributed by atoms with van der Waals surface area (Å²) in [6, 6.07) is 5.71. The molecule has 36 heavy (non-hydrogen) atoms. The van der Waals surface area contributed by atoms with Crippen molar-refractivity contribution in [2.24, 2.45) is 11.7 Å². The van der Waals surface area contributed by atoms with Gasteiger partial charge in [0, 0.05) is 18.2 Å². The number of carbonyl (C=O) groups is 3. The number of methoxy groups -OCH3 is 1. The van der Waals surface area contributed by atoms with Crippen LogP contribution in [0.25, 0.3) is 0 Å². The van der Waals surface area contributed by atoms with Gasteiger partial charge in [0.25, 0.3) is 5.91 Å². The van der Waals surface area contributed by atoms with Crippen molar-refractivity contribution in [3.8, 4) is 5.75 Å². The SMILES string of the molecule is COC(=O)[C@@H]1CCC[C@@H]1NC(=O)[C@H](CCCN)NC(=O)c1cccc(OCCOC2CCCCO2)c1. The predicted molar refractivity (Wildman–Crippen MR) is 132 cm³/mol. The molecular weight excluding hydrogens is 466 g/mol. The van der Waals surface area contributed by atoms with Crippen molar-refractivity contribution in [1.29, 1.82) is 0 Å². The number of hydrogen-bond acceptors (Lipinski definition) is 8. The highest BCUT2D eigenvalue weighted by atomic mass is 16.7. The van der Waals surface area contributed by atoms with Gasteiger partial charge in [-0.2, -0.15) is 0 Å². The number of nitrogens with one attached hydrogen (secondary N) is 2. The molecule has 1 saturated heterocycles. The summed E-state index contributed by atoms with van der Waals surface area (Å²) in [6.07, 6.45) is 6.02. The van der Waals surface area contributed by atoms with Crippen LogP contribution in [0, 0.1) is 5.92 Å². The molecule has 0 bridgehead atoms. The Morgan fingerprint density at radius 1 is 1.14 bits per heavy atom. The van der Waals surface area contributed by atoms with Crippen molar-refractivity contribution in [1.82, 2.24) is 10.6 Å². The van der Waals surface area contributed by atoms with E-state index in [1.807, 2.05) is 0 Å². The van der Waals surface area contributed by atoms with E-state index >= 15 is 0 Å². The number of hydrogen-bond donors (Lipinski definition) is 3. The third-order valence-corrected chi connectivity index (χ3v) is 6.56. The molecule has 200 valence electrons. The van der Waals surface area contributed by atoms with Crippen LogP contribution in [0.4, 0.5) is 0 Å². The van der Waals surface area contributed by atoms with Crippen molar-refractivity contribution in [3.05, 3.63) is 29.8 Å². The van der Waals surface area contributed by atoms with Gasteiger partial charge in [-0.1, -0.05) is 12.5 Å². The number of ether oxygens (including phenoxy) is 4. The largest absolute Gasteiger partial charge is 0.491 e. The lowest BCUT2D eigenvalue weighted by molar-refractivity contribution is -0.165. The lowest BCUT2D eigenvalue weighted by Gasteiger charge is -2.24. The fourth-order valence-corrected chi connectivity index (χ4v) is 4.59. The lowest BCUT2D eigenvalue weighted by atomic mass is 10.0. The smallest absolute Gasteiger partial charge is 0.310 e. The number of amides is 2. The third-order valence-electron chi connectivity index (χ3n) is 6.56. The highest BCUT2D eigenvalue weighted by molar-refractivity contribution is 5.98. The molecule has 2 aliphatic rings. The van der Waals surface area contributed by atoms with Crippen LogP contribution in [-0.4, -0.2) is 69.6 Å². The zero-order valence-electron chi connectivity index (χ0n) is 21.0. The molecular formula is C26H39N3O7. The average molecular weight is 506 g/mol. The molecule has 1 aliphatic heterocycles. The van der Waals surface area contributed by atoms with E-state index in [4.69, 9.17) is 24.7 Å². The molecule has 0 spiro atoms. The van der Waals surface area contributed by atoms with Gasteiger partial charge in [0.1, 0.15) is 18.4 Å². The van der Waals surface area contributed by atoms with Crippen LogP contribution in [0.2, 0.25) is 0 Å². The van der Waals surface area contributed by atoms with Gasteiger partial charge in [-0.05, 0) is 69.7 Å². The summed E-state index contributed by atoms with van der Waals surface area (Å²) in [7, 11) is 1.35. The second-order valence-corrected chi connectivity index (χ2v) is 9.18. The number of nitrogens with two attached hydrogens (primary N) is 1. The highest BCUT2D eigenvalue weighted by Gasteiger charge is 2.36. The first-order chi connectivity index (χ1) is 17.5. The van der Waals surface area contributed by atoms with Gasteiger partial charge in [-0.3, -0.25) is 14.4 Å². The monoisotopic (exact) mass is 505 g/mol. The summed E-state index contributed by atoms with van der Waals surface area (Å²) in [5.41, 5.74) is 6.03. The molecule has 1 heterocycles.